The Morgan fingerprint density at radius 3 is 2.17 bits per heavy atom. The molecule has 5 aromatic carbocycles. The number of benzene rings is 5. The molecule has 0 amide bonds. The molecule has 2 aliphatic carbocycles. The van der Waals surface area contributed by atoms with Crippen molar-refractivity contribution >= 4 is 50.0 Å². The number of furan rings is 1. The molecule has 1 nitrogen and oxygen atoms in total. The fraction of sp³-hybridized carbons (Fsp3) is 0.0303. The summed E-state index contributed by atoms with van der Waals surface area (Å²) in [5.74, 6) is 0. The molecule has 1 spiro atoms. The minimum atomic E-state index is -0.433. The number of fused-ring (bicyclic) bond motifs is 12. The first-order valence-corrected chi connectivity index (χ1v) is 12.7. The van der Waals surface area contributed by atoms with Gasteiger partial charge in [-0.05, 0) is 74.8 Å². The van der Waals surface area contributed by atoms with Crippen molar-refractivity contribution in [3.05, 3.63) is 141 Å². The van der Waals surface area contributed by atoms with Crippen LogP contribution in [0.15, 0.2) is 112 Å². The van der Waals surface area contributed by atoms with Crippen molar-refractivity contribution in [2.24, 2.45) is 0 Å². The van der Waals surface area contributed by atoms with Crippen LogP contribution in [0, 0.1) is 0 Å². The zero-order chi connectivity index (χ0) is 23.1. The predicted octanol–water partition coefficient (Wildman–Crippen LogP) is 9.20. The lowest BCUT2D eigenvalue weighted by atomic mass is 9.66. The Labute approximate surface area is 211 Å². The minimum absolute atomic E-state index is 0.433. The van der Waals surface area contributed by atoms with E-state index < -0.39 is 5.41 Å². The molecule has 2 aliphatic rings. The summed E-state index contributed by atoms with van der Waals surface area (Å²) in [5.41, 5.74) is 11.7. The Kier molecular flexibility index (Phi) is 3.80. The third-order valence-electron chi connectivity index (χ3n) is 7.77. The zero-order valence-corrected chi connectivity index (χ0v) is 20.3. The van der Waals surface area contributed by atoms with Crippen LogP contribution in [-0.4, -0.2) is 0 Å². The molecule has 2 heteroatoms. The molecule has 35 heavy (non-hydrogen) atoms. The van der Waals surface area contributed by atoms with Crippen molar-refractivity contribution in [3.63, 3.8) is 0 Å². The van der Waals surface area contributed by atoms with Gasteiger partial charge in [-0.3, -0.25) is 0 Å². The highest BCUT2D eigenvalue weighted by Gasteiger charge is 2.48. The molecule has 0 radical (unpaired) electrons. The van der Waals surface area contributed by atoms with Gasteiger partial charge >= 0.3 is 0 Å². The second-order valence-corrected chi connectivity index (χ2v) is 10.4. The maximum atomic E-state index is 6.33. The maximum Gasteiger partial charge on any atom is 0.136 e. The molecule has 164 valence electrons. The Morgan fingerprint density at radius 1 is 0.514 bits per heavy atom. The summed E-state index contributed by atoms with van der Waals surface area (Å²) in [4.78, 5) is 0. The molecule has 0 aliphatic heterocycles. The molecule has 0 N–H and O–H groups in total. The van der Waals surface area contributed by atoms with E-state index in [9.17, 15) is 0 Å². The first-order valence-electron chi connectivity index (χ1n) is 11.9. The van der Waals surface area contributed by atoms with Crippen LogP contribution in [0.4, 0.5) is 0 Å². The van der Waals surface area contributed by atoms with Crippen LogP contribution in [0.2, 0.25) is 0 Å². The second kappa shape index (κ2) is 6.84. The molecular weight excluding hydrogens is 492 g/mol. The molecule has 0 fully saturated rings. The molecule has 6 aromatic rings. The van der Waals surface area contributed by atoms with Gasteiger partial charge in [0.1, 0.15) is 11.2 Å². The number of halogens is 1. The van der Waals surface area contributed by atoms with Crippen LogP contribution >= 0.6 is 15.9 Å². The zero-order valence-electron chi connectivity index (χ0n) is 18.8. The summed E-state index contributed by atoms with van der Waals surface area (Å²) >= 11 is 3.79. The van der Waals surface area contributed by atoms with E-state index in [1.165, 1.54) is 44.5 Å². The van der Waals surface area contributed by atoms with Gasteiger partial charge in [0.25, 0.3) is 0 Å². The summed E-state index contributed by atoms with van der Waals surface area (Å²) in [7, 11) is 0. The highest BCUT2D eigenvalue weighted by atomic mass is 79.9. The summed E-state index contributed by atoms with van der Waals surface area (Å²) in [6.45, 7) is 0. The largest absolute Gasteiger partial charge is 0.456 e. The fourth-order valence-corrected chi connectivity index (χ4v) is 6.74. The van der Waals surface area contributed by atoms with Gasteiger partial charge in [-0.15, -0.1) is 0 Å². The van der Waals surface area contributed by atoms with Crippen molar-refractivity contribution in [3.8, 4) is 11.1 Å². The molecule has 8 rings (SSSR count). The topological polar surface area (TPSA) is 13.1 Å². The second-order valence-electron chi connectivity index (χ2n) is 9.44. The fourth-order valence-electron chi connectivity index (χ4n) is 6.38. The highest BCUT2D eigenvalue weighted by molar-refractivity contribution is 9.10. The molecule has 1 unspecified atom stereocenters. The monoisotopic (exact) mass is 510 g/mol. The Bertz CT molecular complexity index is 1870. The third-order valence-corrected chi connectivity index (χ3v) is 8.26. The van der Waals surface area contributed by atoms with E-state index >= 15 is 0 Å². The lowest BCUT2D eigenvalue weighted by Gasteiger charge is -2.35. The van der Waals surface area contributed by atoms with Crippen LogP contribution in [0.5, 0.6) is 0 Å². The lowest BCUT2D eigenvalue weighted by molar-refractivity contribution is 0.668. The normalized spacial score (nSPS) is 17.3. The van der Waals surface area contributed by atoms with Gasteiger partial charge in [0.2, 0.25) is 0 Å². The van der Waals surface area contributed by atoms with Gasteiger partial charge in [0.05, 0.1) is 5.41 Å². The van der Waals surface area contributed by atoms with E-state index in [2.05, 4.69) is 125 Å². The van der Waals surface area contributed by atoms with Crippen molar-refractivity contribution < 1.29 is 4.42 Å². The summed E-state index contributed by atoms with van der Waals surface area (Å²) in [6, 6.07) is 37.4. The van der Waals surface area contributed by atoms with Gasteiger partial charge in [0, 0.05) is 15.2 Å². The predicted molar refractivity (Wildman–Crippen MR) is 148 cm³/mol. The maximum absolute atomic E-state index is 6.33. The van der Waals surface area contributed by atoms with Crippen molar-refractivity contribution in [2.45, 2.75) is 5.41 Å². The number of hydrogen-bond acceptors (Lipinski definition) is 1. The van der Waals surface area contributed by atoms with Crippen LogP contribution in [-0.2, 0) is 5.41 Å². The first-order chi connectivity index (χ1) is 17.2. The molecule has 1 aromatic heterocycles. The Balaban J connectivity index is 1.63. The lowest BCUT2D eigenvalue weighted by Crippen LogP contribution is -2.30. The van der Waals surface area contributed by atoms with Crippen LogP contribution in [0.1, 0.15) is 33.4 Å². The van der Waals surface area contributed by atoms with E-state index in [0.717, 1.165) is 26.4 Å². The Hall–Kier alpha value is -3.88. The third kappa shape index (κ3) is 2.42. The standard InChI is InChI=1S/C33H19BrO/c34-22-16-15-21-14-13-20-7-1-4-10-27(20)33(29(21)17-22)28-11-5-2-8-23(28)25-19-32-26(18-30(25)33)24-9-3-6-12-31(24)35-32/h1-19H. The molecule has 1 atom stereocenters. The summed E-state index contributed by atoms with van der Waals surface area (Å²) < 4.78 is 7.42. The molecular formula is C33H19BrO. The average molecular weight is 511 g/mol. The minimum Gasteiger partial charge on any atom is -0.456 e. The number of rotatable bonds is 0. The molecule has 0 bridgehead atoms. The molecule has 1 heterocycles. The van der Waals surface area contributed by atoms with Gasteiger partial charge in [0.15, 0.2) is 0 Å². The van der Waals surface area contributed by atoms with Crippen LogP contribution < -0.4 is 0 Å². The van der Waals surface area contributed by atoms with Crippen molar-refractivity contribution in [1.82, 2.24) is 0 Å². The van der Waals surface area contributed by atoms with Gasteiger partial charge in [-0.2, -0.15) is 0 Å². The quantitative estimate of drug-likeness (QED) is 0.198. The van der Waals surface area contributed by atoms with E-state index in [-0.39, 0.29) is 0 Å². The number of para-hydroxylation sites is 1. The Morgan fingerprint density at radius 2 is 1.26 bits per heavy atom. The average Bonchev–Trinajstić information content (AvgIpc) is 3.35. The van der Waals surface area contributed by atoms with Crippen LogP contribution in [0.25, 0.3) is 45.2 Å². The summed E-state index contributed by atoms with van der Waals surface area (Å²) in [5, 5.41) is 2.32. The van der Waals surface area contributed by atoms with E-state index in [1.807, 2.05) is 6.07 Å². The SMILES string of the molecule is Brc1ccc2c(c1)C1(c3ccccc3C=C2)c2ccccc2-c2cc3oc4ccccc4c3cc21. The van der Waals surface area contributed by atoms with Crippen molar-refractivity contribution in [1.29, 1.82) is 0 Å². The van der Waals surface area contributed by atoms with Gasteiger partial charge in [-0.25, -0.2) is 0 Å². The number of hydrogen-bond donors (Lipinski definition) is 0. The van der Waals surface area contributed by atoms with Crippen molar-refractivity contribution in [2.75, 3.05) is 0 Å². The van der Waals surface area contributed by atoms with Gasteiger partial charge < -0.3 is 4.42 Å². The van der Waals surface area contributed by atoms with E-state index in [1.54, 1.807) is 0 Å². The molecule has 0 saturated heterocycles. The molecule has 0 saturated carbocycles. The van der Waals surface area contributed by atoms with Gasteiger partial charge in [-0.1, -0.05) is 101 Å². The van der Waals surface area contributed by atoms with E-state index in [0.29, 0.717) is 0 Å². The van der Waals surface area contributed by atoms with Crippen LogP contribution in [0.3, 0.4) is 0 Å². The van der Waals surface area contributed by atoms with E-state index in [4.69, 9.17) is 4.42 Å². The highest BCUT2D eigenvalue weighted by Crippen LogP contribution is 2.59. The summed E-state index contributed by atoms with van der Waals surface area (Å²) in [6.07, 6.45) is 4.53. The smallest absolute Gasteiger partial charge is 0.136 e. The first kappa shape index (κ1) is 19.4.